The molecule has 0 bridgehead atoms. The lowest BCUT2D eigenvalue weighted by Crippen LogP contribution is -2.60. The molecule has 5 rings (SSSR count). The Kier molecular flexibility index (Phi) is 8.18. The van der Waals surface area contributed by atoms with E-state index in [1.54, 1.807) is 6.07 Å². The molecule has 3 aromatic carbocycles. The molecular formula is C30H30O13. The first-order chi connectivity index (χ1) is 20.5. The summed E-state index contributed by atoms with van der Waals surface area (Å²) in [6.07, 6.45) is -9.14. The molecule has 1 unspecified atom stereocenters. The molecule has 0 radical (unpaired) electrons. The number of aliphatic hydroxyl groups excluding tert-OH is 4. The van der Waals surface area contributed by atoms with E-state index in [-0.39, 0.29) is 57.1 Å². The van der Waals surface area contributed by atoms with E-state index in [1.165, 1.54) is 50.4 Å². The van der Waals surface area contributed by atoms with E-state index in [0.29, 0.717) is 0 Å². The summed E-state index contributed by atoms with van der Waals surface area (Å²) in [4.78, 5) is 25.3. The molecule has 1 saturated heterocycles. The second kappa shape index (κ2) is 11.7. The minimum Gasteiger partial charge on any atom is -0.507 e. The summed E-state index contributed by atoms with van der Waals surface area (Å²) < 4.78 is 21.8. The maximum Gasteiger partial charge on any atom is 0.341 e. The molecule has 2 aliphatic heterocycles. The summed E-state index contributed by atoms with van der Waals surface area (Å²) in [6, 6.07) is 10.2. The Morgan fingerprint density at radius 1 is 0.953 bits per heavy atom. The van der Waals surface area contributed by atoms with Gasteiger partial charge in [-0.3, -0.25) is 4.79 Å². The Balaban J connectivity index is 1.49. The molecule has 1 fully saturated rings. The van der Waals surface area contributed by atoms with Crippen LogP contribution in [0.4, 0.5) is 0 Å². The average Bonchev–Trinajstić information content (AvgIpc) is 2.99. The smallest absolute Gasteiger partial charge is 0.341 e. The Morgan fingerprint density at radius 3 is 2.30 bits per heavy atom. The number of para-hydroxylation sites is 2. The van der Waals surface area contributed by atoms with Crippen LogP contribution in [0.2, 0.25) is 0 Å². The van der Waals surface area contributed by atoms with Gasteiger partial charge in [-0.1, -0.05) is 30.3 Å². The maximum absolute atomic E-state index is 13.2. The van der Waals surface area contributed by atoms with Crippen LogP contribution in [0.5, 0.6) is 28.7 Å². The van der Waals surface area contributed by atoms with Crippen molar-refractivity contribution in [2.45, 2.75) is 50.2 Å². The normalized spacial score (nSPS) is 25.0. The van der Waals surface area contributed by atoms with Gasteiger partial charge in [-0.15, -0.1) is 0 Å². The minimum absolute atomic E-state index is 0.0865. The number of hydrogen-bond acceptors (Lipinski definition) is 13. The monoisotopic (exact) mass is 598 g/mol. The van der Waals surface area contributed by atoms with Gasteiger partial charge in [-0.2, -0.15) is 0 Å². The molecule has 3 aromatic rings. The molecule has 2 aliphatic rings. The molecule has 0 saturated carbocycles. The average molecular weight is 599 g/mol. The summed E-state index contributed by atoms with van der Waals surface area (Å²) >= 11 is 0. The molecule has 0 aromatic heterocycles. The molecule has 13 heteroatoms. The molecular weight excluding hydrogens is 568 g/mol. The van der Waals surface area contributed by atoms with Gasteiger partial charge in [0.1, 0.15) is 70.4 Å². The number of carbonyl (C=O) groups excluding carboxylic acids is 2. The number of aliphatic hydroxyl groups is 4. The molecule has 13 nitrogen and oxygen atoms in total. The van der Waals surface area contributed by atoms with E-state index in [0.717, 1.165) is 0 Å². The number of ether oxygens (including phenoxy) is 4. The zero-order valence-electron chi connectivity index (χ0n) is 23.0. The topological polar surface area (TPSA) is 213 Å². The number of fused-ring (bicyclic) bond motifs is 1. The maximum atomic E-state index is 13.2. The largest absolute Gasteiger partial charge is 0.507 e. The molecule has 0 aliphatic carbocycles. The van der Waals surface area contributed by atoms with Crippen LogP contribution in [0.3, 0.4) is 0 Å². The zero-order valence-corrected chi connectivity index (χ0v) is 23.0. The number of phenols is 3. The van der Waals surface area contributed by atoms with Crippen molar-refractivity contribution in [3.63, 3.8) is 0 Å². The third kappa shape index (κ3) is 5.21. The Bertz CT molecular complexity index is 1570. The van der Waals surface area contributed by atoms with Crippen molar-refractivity contribution >= 4 is 11.8 Å². The van der Waals surface area contributed by atoms with Gasteiger partial charge >= 0.3 is 5.97 Å². The van der Waals surface area contributed by atoms with E-state index < -0.39 is 66.7 Å². The van der Waals surface area contributed by atoms with Crippen molar-refractivity contribution in [2.24, 2.45) is 0 Å². The highest BCUT2D eigenvalue weighted by atomic mass is 16.7. The van der Waals surface area contributed by atoms with Crippen LogP contribution in [0, 0.1) is 6.92 Å². The van der Waals surface area contributed by atoms with Gasteiger partial charge in [0.05, 0.1) is 20.1 Å². The third-order valence-electron chi connectivity index (χ3n) is 7.63. The number of benzene rings is 3. The predicted molar refractivity (Wildman–Crippen MR) is 146 cm³/mol. The Labute approximate surface area is 244 Å². The third-order valence-corrected chi connectivity index (χ3v) is 7.63. The van der Waals surface area contributed by atoms with Crippen LogP contribution in [0.1, 0.15) is 44.4 Å². The van der Waals surface area contributed by atoms with E-state index >= 15 is 0 Å². The van der Waals surface area contributed by atoms with Crippen LogP contribution < -0.4 is 9.47 Å². The standard InChI is InChI=1S/C30H30O13/c1-12-18(42-30-28(38)27(37)26(36)21(11-31)43-30)10-20-22(23(12)33)17(32)9-19(41-20)15-7-3-5-13(24(15)34)14-6-4-8-16(25(14)35)29(39)40-2/h3-8,10,19,21,26-28,30-31,33-38H,9,11H2,1-2H3/t19?,21-,26-,27+,28-,30-/m1/s1. The van der Waals surface area contributed by atoms with Gasteiger partial charge in [0, 0.05) is 28.3 Å². The molecule has 0 amide bonds. The van der Waals surface area contributed by atoms with Crippen LogP contribution >= 0.6 is 0 Å². The van der Waals surface area contributed by atoms with Crippen molar-refractivity contribution in [2.75, 3.05) is 13.7 Å². The second-order valence-corrected chi connectivity index (χ2v) is 10.2. The van der Waals surface area contributed by atoms with E-state index in [1.807, 2.05) is 0 Å². The first kappa shape index (κ1) is 30.1. The number of ketones is 1. The van der Waals surface area contributed by atoms with Crippen molar-refractivity contribution in [1.82, 2.24) is 0 Å². The van der Waals surface area contributed by atoms with E-state index in [4.69, 9.17) is 18.9 Å². The lowest BCUT2D eigenvalue weighted by molar-refractivity contribution is -0.277. The summed E-state index contributed by atoms with van der Waals surface area (Å²) in [6.45, 7) is 0.768. The van der Waals surface area contributed by atoms with Crippen molar-refractivity contribution in [1.29, 1.82) is 0 Å². The molecule has 2 heterocycles. The quantitative estimate of drug-likeness (QED) is 0.200. The Morgan fingerprint density at radius 2 is 1.63 bits per heavy atom. The lowest BCUT2D eigenvalue weighted by Gasteiger charge is -2.39. The summed E-state index contributed by atoms with van der Waals surface area (Å²) in [7, 11) is 1.17. The van der Waals surface area contributed by atoms with Crippen LogP contribution in [0.25, 0.3) is 11.1 Å². The fraction of sp³-hybridized carbons (Fsp3) is 0.333. The molecule has 6 atom stereocenters. The Hall–Kier alpha value is -4.40. The minimum atomic E-state index is -1.72. The lowest BCUT2D eigenvalue weighted by atomic mass is 9.91. The van der Waals surface area contributed by atoms with Crippen molar-refractivity contribution < 1.29 is 64.3 Å². The summed E-state index contributed by atoms with van der Waals surface area (Å²) in [5.41, 5.74) is 0.316. The fourth-order valence-corrected chi connectivity index (χ4v) is 5.21. The summed E-state index contributed by atoms with van der Waals surface area (Å²) in [5, 5.41) is 72.8. The van der Waals surface area contributed by atoms with Gasteiger partial charge in [-0.05, 0) is 13.0 Å². The predicted octanol–water partition coefficient (Wildman–Crippen LogP) is 1.45. The van der Waals surface area contributed by atoms with Gasteiger partial charge < -0.3 is 54.7 Å². The van der Waals surface area contributed by atoms with Crippen LogP contribution in [0.15, 0.2) is 42.5 Å². The molecule has 228 valence electrons. The number of methoxy groups -OCH3 is 1. The van der Waals surface area contributed by atoms with Gasteiger partial charge in [0.15, 0.2) is 5.78 Å². The van der Waals surface area contributed by atoms with Gasteiger partial charge in [-0.25, -0.2) is 4.79 Å². The number of phenolic OH excluding ortho intramolecular Hbond substituents is 3. The molecule has 0 spiro atoms. The number of aromatic hydroxyl groups is 3. The number of hydrogen-bond donors (Lipinski definition) is 7. The first-order valence-electron chi connectivity index (χ1n) is 13.2. The molecule has 43 heavy (non-hydrogen) atoms. The van der Waals surface area contributed by atoms with Crippen LogP contribution in [-0.2, 0) is 9.47 Å². The number of esters is 1. The van der Waals surface area contributed by atoms with E-state index in [9.17, 15) is 45.3 Å². The fourth-order valence-electron chi connectivity index (χ4n) is 5.21. The second-order valence-electron chi connectivity index (χ2n) is 10.2. The van der Waals surface area contributed by atoms with Gasteiger partial charge in [0.2, 0.25) is 6.29 Å². The molecule has 7 N–H and O–H groups in total. The number of rotatable bonds is 6. The highest BCUT2D eigenvalue weighted by Crippen LogP contribution is 2.48. The number of Topliss-reactive ketones (excluding diaryl/α,β-unsaturated/α-hetero) is 1. The van der Waals surface area contributed by atoms with Crippen molar-refractivity contribution in [3.8, 4) is 39.9 Å². The SMILES string of the molecule is COC(=O)c1cccc(-c2cccc(C3CC(=O)c4c(cc(O[C@@H]5O[C@H](CO)[C@@H](O)[C@H](O)[C@H]5O)c(C)c4O)O3)c2O)c1O. The number of carbonyl (C=O) groups is 2. The highest BCUT2D eigenvalue weighted by Gasteiger charge is 2.45. The first-order valence-corrected chi connectivity index (χ1v) is 13.2. The van der Waals surface area contributed by atoms with E-state index in [2.05, 4.69) is 0 Å². The summed E-state index contributed by atoms with van der Waals surface area (Å²) in [5.74, 6) is -2.67. The van der Waals surface area contributed by atoms with Crippen LogP contribution in [-0.4, -0.2) is 91.9 Å². The van der Waals surface area contributed by atoms with Crippen molar-refractivity contribution in [3.05, 3.63) is 64.7 Å². The highest BCUT2D eigenvalue weighted by molar-refractivity contribution is 6.03. The zero-order chi connectivity index (χ0) is 31.2. The van der Waals surface area contributed by atoms with Gasteiger partial charge in [0.25, 0.3) is 0 Å².